The number of esters is 2. The number of carbonyl (C=O) groups is 2. The van der Waals surface area contributed by atoms with Crippen molar-refractivity contribution in [3.8, 4) is 0 Å². The van der Waals surface area contributed by atoms with Crippen molar-refractivity contribution in [2.45, 2.75) is 13.8 Å². The summed E-state index contributed by atoms with van der Waals surface area (Å²) in [6.07, 6.45) is 7.16. The quantitative estimate of drug-likeness (QED) is 0.203. The molecule has 46 heavy (non-hydrogen) atoms. The van der Waals surface area contributed by atoms with E-state index in [1.165, 1.54) is 0 Å². The molecule has 0 fully saturated rings. The second-order valence-corrected chi connectivity index (χ2v) is 10.8. The number of hydrogen-bond acceptors (Lipinski definition) is 6. The molecule has 1 aliphatic rings. The lowest BCUT2D eigenvalue weighted by molar-refractivity contribution is -0.137. The number of H-pyrrole nitrogens is 4. The van der Waals surface area contributed by atoms with Crippen molar-refractivity contribution in [3.63, 3.8) is 0 Å². The van der Waals surface area contributed by atoms with Crippen molar-refractivity contribution in [1.29, 1.82) is 0 Å². The summed E-state index contributed by atoms with van der Waals surface area (Å²) in [6.45, 7) is 3.99. The number of imidazole rings is 2. The van der Waals surface area contributed by atoms with E-state index in [0.29, 0.717) is 67.0 Å². The second kappa shape index (κ2) is 11.5. The van der Waals surface area contributed by atoms with Gasteiger partial charge in [-0.3, -0.25) is 0 Å². The summed E-state index contributed by atoms with van der Waals surface area (Å²) in [5.74, 6) is 0.412. The molecule has 0 amide bonds. The highest BCUT2D eigenvalue weighted by Gasteiger charge is 2.23. The molecule has 0 unspecified atom stereocenters. The molecule has 8 bridgehead atoms. The molecule has 6 aromatic rings. The van der Waals surface area contributed by atoms with Crippen LogP contribution in [0.25, 0.3) is 22.3 Å². The summed E-state index contributed by atoms with van der Waals surface area (Å²) in [5.41, 5.74) is 4.72. The number of fused-ring (bicyclic) bond motifs is 8. The van der Waals surface area contributed by atoms with Gasteiger partial charge in [-0.1, -0.05) is 0 Å². The van der Waals surface area contributed by atoms with Crippen molar-refractivity contribution in [2.24, 2.45) is 14.1 Å². The number of nitrogens with zero attached hydrogens (tertiary/aromatic N) is 4. The van der Waals surface area contributed by atoms with E-state index in [1.807, 2.05) is 84.2 Å². The molecule has 0 aliphatic carbocycles. The van der Waals surface area contributed by atoms with E-state index in [0.717, 1.165) is 11.1 Å². The van der Waals surface area contributed by atoms with Gasteiger partial charge in [-0.15, -0.1) is 0 Å². The first-order valence-corrected chi connectivity index (χ1v) is 14.9. The maximum absolute atomic E-state index is 13.5. The topological polar surface area (TPSA) is 151 Å². The van der Waals surface area contributed by atoms with Crippen LogP contribution in [0.2, 0.25) is 0 Å². The van der Waals surface area contributed by atoms with Gasteiger partial charge in [0, 0.05) is 38.9 Å². The molecule has 6 aromatic heterocycles. The lowest BCUT2D eigenvalue weighted by atomic mass is 10.1. The van der Waals surface area contributed by atoms with Gasteiger partial charge in [0.25, 0.3) is 0 Å². The third-order valence-electron chi connectivity index (χ3n) is 7.95. The van der Waals surface area contributed by atoms with Crippen LogP contribution in [0.1, 0.15) is 48.3 Å². The number of aryl methyl sites for hydroxylation is 2. The largest absolute Gasteiger partial charge is 0.462 e. The Labute approximate surface area is 262 Å². The van der Waals surface area contributed by atoms with Crippen LogP contribution in [0, 0.1) is 0 Å². The lowest BCUT2D eigenvalue weighted by Gasteiger charge is -2.08. The van der Waals surface area contributed by atoms with Crippen LogP contribution in [0.5, 0.6) is 0 Å². The normalized spacial score (nSPS) is 13.0. The molecule has 12 heteroatoms. The summed E-state index contributed by atoms with van der Waals surface area (Å²) in [6, 6.07) is 15.0. The third kappa shape index (κ3) is 4.80. The molecule has 1 aliphatic heterocycles. The molecule has 0 aromatic carbocycles. The van der Waals surface area contributed by atoms with Crippen LogP contribution in [0.15, 0.2) is 73.3 Å². The van der Waals surface area contributed by atoms with Crippen LogP contribution >= 0.6 is 0 Å². The first-order chi connectivity index (χ1) is 22.4. The van der Waals surface area contributed by atoms with E-state index < -0.39 is 11.9 Å². The van der Waals surface area contributed by atoms with Crippen LogP contribution in [-0.4, -0.2) is 64.2 Å². The number of rotatable bonds is 6. The minimum absolute atomic E-state index is 0.217. The van der Waals surface area contributed by atoms with E-state index in [1.54, 1.807) is 26.2 Å². The summed E-state index contributed by atoms with van der Waals surface area (Å²) >= 11 is 0. The third-order valence-corrected chi connectivity index (χ3v) is 7.95. The molecule has 0 saturated carbocycles. The second-order valence-electron chi connectivity index (χ2n) is 10.8. The van der Waals surface area contributed by atoms with Gasteiger partial charge in [-0.2, -0.15) is 0 Å². The van der Waals surface area contributed by atoms with Gasteiger partial charge >= 0.3 is 11.9 Å². The van der Waals surface area contributed by atoms with Gasteiger partial charge in [-0.25, -0.2) is 19.6 Å². The zero-order valence-electron chi connectivity index (χ0n) is 25.8. The molecule has 7 heterocycles. The fourth-order valence-electron chi connectivity index (χ4n) is 5.87. The molecule has 7 rings (SSSR count). The summed E-state index contributed by atoms with van der Waals surface area (Å²) in [7, 11) is 3.82. The predicted octanol–water partition coefficient (Wildman–Crippen LogP) is 0.798. The molecule has 4 N–H and O–H groups in total. The van der Waals surface area contributed by atoms with Crippen LogP contribution < -0.4 is 21.4 Å². The van der Waals surface area contributed by atoms with Gasteiger partial charge < -0.3 is 38.5 Å². The Balaban J connectivity index is 1.64. The Bertz CT molecular complexity index is 2200. The Kier molecular flexibility index (Phi) is 7.16. The van der Waals surface area contributed by atoms with E-state index in [4.69, 9.17) is 9.47 Å². The fourth-order valence-corrected chi connectivity index (χ4v) is 5.87. The van der Waals surface area contributed by atoms with Gasteiger partial charge in [0.2, 0.25) is 0 Å². The van der Waals surface area contributed by atoms with Crippen molar-refractivity contribution < 1.29 is 19.1 Å². The minimum atomic E-state index is -0.472. The van der Waals surface area contributed by atoms with Crippen LogP contribution in [-0.2, 0) is 33.2 Å². The zero-order chi connectivity index (χ0) is 31.9. The highest BCUT2D eigenvalue weighted by Crippen LogP contribution is 2.24. The SMILES string of the molecule is CCOC(=O)C1=c2ccc([nH]2)=C(c2nccn2C)c2ccc([nH]2)C(C(=O)OCC)=c2ccc([nH]2)=C(c2nccn2C)c2ccc1[nH]2. The van der Waals surface area contributed by atoms with Crippen molar-refractivity contribution in [3.05, 3.63) is 129 Å². The molecule has 0 atom stereocenters. The Morgan fingerprint density at radius 2 is 0.978 bits per heavy atom. The van der Waals surface area contributed by atoms with Gasteiger partial charge in [0.05, 0.1) is 68.5 Å². The van der Waals surface area contributed by atoms with Crippen molar-refractivity contribution >= 4 is 34.2 Å². The Morgan fingerprint density at radius 3 is 1.35 bits per heavy atom. The minimum Gasteiger partial charge on any atom is -0.462 e. The number of carbonyl (C=O) groups excluding carboxylic acids is 2. The summed E-state index contributed by atoms with van der Waals surface area (Å²) < 4.78 is 14.9. The number of aromatic nitrogens is 8. The number of ether oxygens (including phenoxy) is 2. The van der Waals surface area contributed by atoms with E-state index in [9.17, 15) is 9.59 Å². The monoisotopic (exact) mass is 616 g/mol. The molecular weight excluding hydrogens is 584 g/mol. The lowest BCUT2D eigenvalue weighted by Crippen LogP contribution is -2.23. The van der Waals surface area contributed by atoms with Crippen LogP contribution in [0.4, 0.5) is 0 Å². The standard InChI is InChI=1S/C34H32N8O4/c1-5-45-33(43)29-23-11-7-19(37-23)27(31-35-15-17-41(31)3)21-9-13-25(39-21)30(34(44)46-6-2)26-14-10-22(40-26)28(20-8-12-24(29)38-20)32-36-16-18-42(32)4/h7-18,37-40H,5-6H2,1-4H3. The summed E-state index contributed by atoms with van der Waals surface area (Å²) in [5, 5.41) is 2.54. The highest BCUT2D eigenvalue weighted by molar-refractivity contribution is 6.16. The fraction of sp³-hybridized carbons (Fsp3) is 0.176. The van der Waals surface area contributed by atoms with E-state index >= 15 is 0 Å². The van der Waals surface area contributed by atoms with E-state index in [-0.39, 0.29) is 13.2 Å². The van der Waals surface area contributed by atoms with Crippen molar-refractivity contribution in [1.82, 2.24) is 39.0 Å². The van der Waals surface area contributed by atoms with E-state index in [2.05, 4.69) is 29.9 Å². The average molecular weight is 617 g/mol. The van der Waals surface area contributed by atoms with Gasteiger partial charge in [0.1, 0.15) is 22.8 Å². The number of nitrogens with one attached hydrogen (secondary N) is 4. The maximum Gasteiger partial charge on any atom is 0.342 e. The maximum atomic E-state index is 13.5. The Hall–Kier alpha value is -6.04. The smallest absolute Gasteiger partial charge is 0.342 e. The molecule has 12 nitrogen and oxygen atoms in total. The van der Waals surface area contributed by atoms with Gasteiger partial charge in [-0.05, 0) is 62.4 Å². The average Bonchev–Trinajstić information content (AvgIpc) is 3.87. The Morgan fingerprint density at radius 1 is 0.587 bits per heavy atom. The summed E-state index contributed by atoms with van der Waals surface area (Å²) in [4.78, 5) is 50.1. The molecule has 0 saturated heterocycles. The molecule has 0 radical (unpaired) electrons. The van der Waals surface area contributed by atoms with Gasteiger partial charge in [0.15, 0.2) is 0 Å². The van der Waals surface area contributed by atoms with Crippen molar-refractivity contribution in [2.75, 3.05) is 13.2 Å². The predicted molar refractivity (Wildman–Crippen MR) is 170 cm³/mol. The van der Waals surface area contributed by atoms with Crippen LogP contribution in [0.3, 0.4) is 0 Å². The highest BCUT2D eigenvalue weighted by atomic mass is 16.5. The molecular formula is C34H32N8O4. The zero-order valence-corrected chi connectivity index (χ0v) is 25.8. The number of hydrogen-bond donors (Lipinski definition) is 4. The molecule has 232 valence electrons. The molecule has 0 spiro atoms. The first-order valence-electron chi connectivity index (χ1n) is 14.9. The first kappa shape index (κ1) is 28.7. The number of aromatic amines is 4.